The molecule has 1 unspecified atom stereocenters. The van der Waals surface area contributed by atoms with Crippen molar-refractivity contribution in [2.24, 2.45) is 34.5 Å². The van der Waals surface area contributed by atoms with E-state index >= 15 is 0 Å². The van der Waals surface area contributed by atoms with Gasteiger partial charge in [0.2, 0.25) is 0 Å². The average Bonchev–Trinajstić information content (AvgIpc) is 3.13. The van der Waals surface area contributed by atoms with Crippen molar-refractivity contribution in [2.75, 3.05) is 13.9 Å². The van der Waals surface area contributed by atoms with Crippen molar-refractivity contribution in [3.05, 3.63) is 23.3 Å². The molecule has 3 fully saturated rings. The fourth-order valence-electron chi connectivity index (χ4n) is 8.08. The van der Waals surface area contributed by atoms with Gasteiger partial charge >= 0.3 is 0 Å². The van der Waals surface area contributed by atoms with Gasteiger partial charge in [0, 0.05) is 18.4 Å². The summed E-state index contributed by atoms with van der Waals surface area (Å²) in [5, 5.41) is 0.191. The van der Waals surface area contributed by atoms with Crippen LogP contribution in [0.4, 0.5) is 0 Å². The molecule has 4 aliphatic carbocycles. The molecule has 35 heavy (non-hydrogen) atoms. The fraction of sp³-hybridized carbons (Fsp3) is 0.833. The van der Waals surface area contributed by atoms with Gasteiger partial charge in [0.1, 0.15) is 13.1 Å². The van der Waals surface area contributed by atoms with Crippen molar-refractivity contribution in [3.8, 4) is 0 Å². The van der Waals surface area contributed by atoms with Crippen LogP contribution in [-0.4, -0.2) is 40.7 Å². The lowest BCUT2D eigenvalue weighted by Gasteiger charge is -2.58. The molecular formula is C30H50O4Si. The zero-order valence-electron chi connectivity index (χ0n) is 23.8. The second kappa shape index (κ2) is 9.52. The summed E-state index contributed by atoms with van der Waals surface area (Å²) in [5.41, 5.74) is 3.34. The molecule has 0 aromatic rings. The zero-order chi connectivity index (χ0) is 25.8. The van der Waals surface area contributed by atoms with Gasteiger partial charge < -0.3 is 18.7 Å². The van der Waals surface area contributed by atoms with Gasteiger partial charge in [-0.2, -0.15) is 0 Å². The van der Waals surface area contributed by atoms with Crippen LogP contribution < -0.4 is 0 Å². The quantitative estimate of drug-likeness (QED) is 0.208. The number of fused-ring (bicyclic) bond motifs is 5. The minimum atomic E-state index is -1.88. The molecule has 4 nitrogen and oxygen atoms in total. The Labute approximate surface area is 215 Å². The second-order valence-corrected chi connectivity index (χ2v) is 18.7. The molecule has 0 spiro atoms. The van der Waals surface area contributed by atoms with E-state index in [1.54, 1.807) is 12.7 Å². The van der Waals surface area contributed by atoms with Gasteiger partial charge in [0.05, 0.1) is 12.2 Å². The Bertz CT molecular complexity index is 870. The Morgan fingerprint density at radius 2 is 1.86 bits per heavy atom. The van der Waals surface area contributed by atoms with Crippen LogP contribution in [0.25, 0.3) is 0 Å². The largest absolute Gasteiger partial charge is 0.414 e. The highest BCUT2D eigenvalue weighted by Crippen LogP contribution is 2.66. The highest BCUT2D eigenvalue weighted by molar-refractivity contribution is 6.74. The van der Waals surface area contributed by atoms with E-state index < -0.39 is 8.32 Å². The van der Waals surface area contributed by atoms with Crippen LogP contribution in [0.15, 0.2) is 23.3 Å². The molecule has 0 N–H and O–H groups in total. The zero-order valence-corrected chi connectivity index (χ0v) is 24.8. The first-order valence-corrected chi connectivity index (χ1v) is 16.8. The number of rotatable bonds is 7. The Morgan fingerprint density at radius 3 is 2.49 bits per heavy atom. The van der Waals surface area contributed by atoms with E-state index in [-0.39, 0.29) is 34.0 Å². The number of carbonyl (C=O) groups is 1. The minimum absolute atomic E-state index is 0.0222. The van der Waals surface area contributed by atoms with Gasteiger partial charge in [-0.3, -0.25) is 0 Å². The number of carbonyl (C=O) groups excluding carboxylic acids is 1. The molecule has 0 aromatic carbocycles. The molecule has 0 heterocycles. The number of ether oxygens (including phenoxy) is 2. The smallest absolute Gasteiger partial charge is 0.192 e. The van der Waals surface area contributed by atoms with Gasteiger partial charge in [0.25, 0.3) is 0 Å². The van der Waals surface area contributed by atoms with Crippen LogP contribution in [-0.2, 0) is 18.7 Å². The molecule has 0 radical (unpaired) electrons. The van der Waals surface area contributed by atoms with E-state index in [2.05, 4.69) is 66.8 Å². The van der Waals surface area contributed by atoms with Gasteiger partial charge in [0.15, 0.2) is 8.32 Å². The molecule has 0 aliphatic heterocycles. The van der Waals surface area contributed by atoms with Crippen LogP contribution in [0.5, 0.6) is 0 Å². The summed E-state index contributed by atoms with van der Waals surface area (Å²) in [5.74, 6) is 1.72. The third-order valence-corrected chi connectivity index (χ3v) is 15.7. The number of hydrogen-bond donors (Lipinski definition) is 0. The lowest BCUT2D eigenvalue weighted by atomic mass is 9.49. The van der Waals surface area contributed by atoms with Crippen molar-refractivity contribution in [1.29, 1.82) is 0 Å². The normalized spacial score (nSPS) is 40.2. The first kappa shape index (κ1) is 27.3. The summed E-state index contributed by atoms with van der Waals surface area (Å²) in [7, 11) is -0.157. The van der Waals surface area contributed by atoms with Crippen molar-refractivity contribution in [1.82, 2.24) is 0 Å². The van der Waals surface area contributed by atoms with E-state index in [0.29, 0.717) is 24.5 Å². The summed E-state index contributed by atoms with van der Waals surface area (Å²) in [6, 6.07) is 0. The summed E-state index contributed by atoms with van der Waals surface area (Å²) in [6.45, 7) is 19.1. The first-order chi connectivity index (χ1) is 16.3. The van der Waals surface area contributed by atoms with E-state index in [0.717, 1.165) is 12.8 Å². The summed E-state index contributed by atoms with van der Waals surface area (Å²) >= 11 is 0. The molecular weight excluding hydrogens is 452 g/mol. The highest BCUT2D eigenvalue weighted by atomic mass is 28.4. The minimum Gasteiger partial charge on any atom is -0.414 e. The average molecular weight is 503 g/mol. The SMILES string of the molecule is COCO[C@H]1C[C@H](O[Si](C)(C)C(C)(C)C)CC2=CC=C3[C@@H]4CC[C@H](C(C)C=O)[C@@]4(C)CC[C@@H]3[C@]21C. The Kier molecular flexibility index (Phi) is 7.43. The topological polar surface area (TPSA) is 44.8 Å². The van der Waals surface area contributed by atoms with Crippen molar-refractivity contribution in [3.63, 3.8) is 0 Å². The second-order valence-electron chi connectivity index (χ2n) is 14.0. The Morgan fingerprint density at radius 1 is 1.14 bits per heavy atom. The molecule has 3 saturated carbocycles. The van der Waals surface area contributed by atoms with E-state index in [9.17, 15) is 4.79 Å². The summed E-state index contributed by atoms with van der Waals surface area (Å²) < 4.78 is 18.9. The van der Waals surface area contributed by atoms with E-state index in [4.69, 9.17) is 13.9 Å². The molecule has 5 heteroatoms. The third kappa shape index (κ3) is 4.47. The molecule has 0 bridgehead atoms. The maximum absolute atomic E-state index is 11.7. The van der Waals surface area contributed by atoms with Gasteiger partial charge in [-0.15, -0.1) is 0 Å². The summed E-state index contributed by atoms with van der Waals surface area (Å²) in [6.07, 6.45) is 13.1. The number of methoxy groups -OCH3 is 1. The number of hydrogen-bond acceptors (Lipinski definition) is 4. The van der Waals surface area contributed by atoms with Crippen LogP contribution in [0.2, 0.25) is 18.1 Å². The van der Waals surface area contributed by atoms with Gasteiger partial charge in [-0.25, -0.2) is 0 Å². The predicted molar refractivity (Wildman–Crippen MR) is 145 cm³/mol. The molecule has 4 aliphatic rings. The fourth-order valence-corrected chi connectivity index (χ4v) is 9.45. The van der Waals surface area contributed by atoms with Crippen molar-refractivity contribution in [2.45, 2.75) is 110 Å². The molecule has 0 amide bonds. The maximum Gasteiger partial charge on any atom is 0.192 e. The number of allylic oxidation sites excluding steroid dienone is 3. The van der Waals surface area contributed by atoms with Gasteiger partial charge in [-0.1, -0.05) is 64.8 Å². The highest BCUT2D eigenvalue weighted by Gasteiger charge is 2.59. The predicted octanol–water partition coefficient (Wildman–Crippen LogP) is 7.31. The van der Waals surface area contributed by atoms with Crippen molar-refractivity contribution >= 4 is 14.6 Å². The third-order valence-electron chi connectivity index (χ3n) is 11.2. The maximum atomic E-state index is 11.7. The van der Waals surface area contributed by atoms with Gasteiger partial charge in [-0.05, 0) is 79.8 Å². The Balaban J connectivity index is 1.66. The van der Waals surface area contributed by atoms with E-state index in [1.807, 2.05) is 0 Å². The first-order valence-electron chi connectivity index (χ1n) is 13.9. The molecule has 4 rings (SSSR count). The lowest BCUT2D eigenvalue weighted by Crippen LogP contribution is -2.55. The monoisotopic (exact) mass is 502 g/mol. The molecule has 8 atom stereocenters. The molecule has 198 valence electrons. The summed E-state index contributed by atoms with van der Waals surface area (Å²) in [4.78, 5) is 11.7. The van der Waals surface area contributed by atoms with Crippen LogP contribution >= 0.6 is 0 Å². The van der Waals surface area contributed by atoms with Crippen LogP contribution in [0.1, 0.15) is 80.1 Å². The standard InChI is InChI=1S/C30H50O4Si/c1-20(18-31)24-12-13-25-23-11-10-21-16-22(34-35(8,9)28(2,3)4)17-27(33-19-32-7)30(21,6)26(23)14-15-29(24,25)5/h10-11,18,20,22,24-27H,12-17,19H2,1-9H3/t20?,22-,24-,25+,26+,27+,29-,30+/m1/s1. The lowest BCUT2D eigenvalue weighted by molar-refractivity contribution is -0.144. The Hall–Kier alpha value is -0.753. The number of aldehydes is 1. The molecule has 0 saturated heterocycles. The van der Waals surface area contributed by atoms with Crippen molar-refractivity contribution < 1.29 is 18.7 Å². The van der Waals surface area contributed by atoms with Crippen LogP contribution in [0.3, 0.4) is 0 Å². The van der Waals surface area contributed by atoms with E-state index in [1.165, 1.54) is 37.5 Å². The van der Waals surface area contributed by atoms with Crippen LogP contribution in [0, 0.1) is 34.5 Å². The molecule has 0 aromatic heterocycles.